The number of nitrogens with zero attached hydrogens (tertiary/aromatic N) is 2. The molecule has 1 aromatic carbocycles. The molecule has 4 rings (SSSR count). The van der Waals surface area contributed by atoms with Crippen LogP contribution in [0.1, 0.15) is 25.3 Å². The van der Waals surface area contributed by atoms with E-state index in [9.17, 15) is 9.59 Å². The highest BCUT2D eigenvalue weighted by atomic mass is 16.2. The fourth-order valence-corrected chi connectivity index (χ4v) is 4.20. The molecular weight excluding hydrogens is 278 g/mol. The molecule has 1 saturated carbocycles. The zero-order chi connectivity index (χ0) is 15.3. The quantitative estimate of drug-likeness (QED) is 0.846. The number of nitrogens with one attached hydrogen (secondary N) is 1. The van der Waals surface area contributed by atoms with Crippen molar-refractivity contribution < 1.29 is 9.59 Å². The van der Waals surface area contributed by atoms with Gasteiger partial charge in [0.15, 0.2) is 0 Å². The summed E-state index contributed by atoms with van der Waals surface area (Å²) in [6.07, 6.45) is 1.75. The number of amidine groups is 1. The van der Waals surface area contributed by atoms with Crippen molar-refractivity contribution in [2.75, 3.05) is 13.1 Å². The SMILES string of the molecule is CC(=O)N1C[C@H]2CC[C@@]3(N=C(c4ccccc4)NC3=O)[C@H]2C1. The van der Waals surface area contributed by atoms with Crippen LogP contribution in [0.4, 0.5) is 0 Å². The van der Waals surface area contributed by atoms with Crippen LogP contribution in [0.5, 0.6) is 0 Å². The maximum absolute atomic E-state index is 12.7. The molecule has 1 saturated heterocycles. The molecule has 5 heteroatoms. The summed E-state index contributed by atoms with van der Waals surface area (Å²) in [6.45, 7) is 3.02. The minimum atomic E-state index is -0.667. The predicted molar refractivity (Wildman–Crippen MR) is 82.3 cm³/mol. The van der Waals surface area contributed by atoms with Crippen LogP contribution in [0.2, 0.25) is 0 Å². The Balaban J connectivity index is 1.68. The number of aliphatic imine (C=N–C) groups is 1. The lowest BCUT2D eigenvalue weighted by Gasteiger charge is -2.25. The first-order chi connectivity index (χ1) is 10.6. The Kier molecular flexibility index (Phi) is 2.86. The van der Waals surface area contributed by atoms with Gasteiger partial charge in [-0.3, -0.25) is 14.6 Å². The summed E-state index contributed by atoms with van der Waals surface area (Å²) in [4.78, 5) is 31.0. The Morgan fingerprint density at radius 2 is 2.09 bits per heavy atom. The van der Waals surface area contributed by atoms with Crippen LogP contribution in [-0.4, -0.2) is 41.2 Å². The molecule has 1 N–H and O–H groups in total. The van der Waals surface area contributed by atoms with Crippen LogP contribution in [0.3, 0.4) is 0 Å². The number of hydrogen-bond acceptors (Lipinski definition) is 3. The van der Waals surface area contributed by atoms with E-state index in [1.165, 1.54) is 0 Å². The van der Waals surface area contributed by atoms with Crippen molar-refractivity contribution >= 4 is 17.6 Å². The van der Waals surface area contributed by atoms with Gasteiger partial charge in [0.2, 0.25) is 5.91 Å². The lowest BCUT2D eigenvalue weighted by Crippen LogP contribution is -2.45. The smallest absolute Gasteiger partial charge is 0.253 e. The second-order valence-corrected chi connectivity index (χ2v) is 6.53. The van der Waals surface area contributed by atoms with Crippen molar-refractivity contribution in [1.82, 2.24) is 10.2 Å². The van der Waals surface area contributed by atoms with Gasteiger partial charge in [0.25, 0.3) is 5.91 Å². The summed E-state index contributed by atoms with van der Waals surface area (Å²) in [7, 11) is 0. The minimum Gasteiger partial charge on any atom is -0.342 e. The summed E-state index contributed by atoms with van der Waals surface area (Å²) in [6, 6.07) is 9.76. The maximum atomic E-state index is 12.7. The number of rotatable bonds is 1. The van der Waals surface area contributed by atoms with Gasteiger partial charge in [-0.05, 0) is 18.8 Å². The maximum Gasteiger partial charge on any atom is 0.253 e. The zero-order valence-electron chi connectivity index (χ0n) is 12.6. The highest BCUT2D eigenvalue weighted by molar-refractivity contribution is 6.15. The van der Waals surface area contributed by atoms with E-state index < -0.39 is 5.54 Å². The third-order valence-corrected chi connectivity index (χ3v) is 5.38. The molecule has 22 heavy (non-hydrogen) atoms. The molecule has 0 unspecified atom stereocenters. The molecule has 3 atom stereocenters. The van der Waals surface area contributed by atoms with Crippen molar-refractivity contribution in [1.29, 1.82) is 0 Å². The van der Waals surface area contributed by atoms with E-state index in [0.29, 0.717) is 18.3 Å². The van der Waals surface area contributed by atoms with Gasteiger partial charge >= 0.3 is 0 Å². The molecule has 2 amide bonds. The van der Waals surface area contributed by atoms with Crippen molar-refractivity contribution in [3.05, 3.63) is 35.9 Å². The minimum absolute atomic E-state index is 0.00394. The molecule has 5 nitrogen and oxygen atoms in total. The number of likely N-dealkylation sites (tertiary alicyclic amines) is 1. The monoisotopic (exact) mass is 297 g/mol. The highest BCUT2D eigenvalue weighted by Gasteiger charge is 2.59. The van der Waals surface area contributed by atoms with Gasteiger partial charge in [0.05, 0.1) is 0 Å². The Bertz CT molecular complexity index is 670. The molecule has 2 heterocycles. The average Bonchev–Trinajstić information content (AvgIpc) is 3.17. The van der Waals surface area contributed by atoms with Gasteiger partial charge in [0.1, 0.15) is 11.4 Å². The van der Waals surface area contributed by atoms with Gasteiger partial charge in [-0.15, -0.1) is 0 Å². The number of carbonyl (C=O) groups is 2. The first kappa shape index (κ1) is 13.5. The van der Waals surface area contributed by atoms with Gasteiger partial charge < -0.3 is 10.2 Å². The lowest BCUT2D eigenvalue weighted by molar-refractivity contribution is -0.129. The Hall–Kier alpha value is -2.17. The number of amides is 2. The first-order valence-corrected chi connectivity index (χ1v) is 7.82. The Morgan fingerprint density at radius 1 is 1.32 bits per heavy atom. The first-order valence-electron chi connectivity index (χ1n) is 7.82. The normalized spacial score (nSPS) is 33.0. The van der Waals surface area contributed by atoms with E-state index in [1.54, 1.807) is 6.92 Å². The lowest BCUT2D eigenvalue weighted by atomic mass is 9.85. The van der Waals surface area contributed by atoms with Crippen molar-refractivity contribution in [3.8, 4) is 0 Å². The van der Waals surface area contributed by atoms with E-state index in [1.807, 2.05) is 35.2 Å². The summed E-state index contributed by atoms with van der Waals surface area (Å²) >= 11 is 0. The van der Waals surface area contributed by atoms with E-state index in [4.69, 9.17) is 4.99 Å². The van der Waals surface area contributed by atoms with Crippen LogP contribution in [0.25, 0.3) is 0 Å². The second kappa shape index (κ2) is 4.66. The van der Waals surface area contributed by atoms with Gasteiger partial charge in [-0.25, -0.2) is 0 Å². The standard InChI is InChI=1S/C17H19N3O2/c1-11(21)20-9-13-7-8-17(14(13)10-20)16(22)18-15(19-17)12-5-3-2-4-6-12/h2-6,13-14H,7-10H2,1H3,(H,18,19,22)/t13-,14+,17-/m1/s1. The third kappa shape index (κ3) is 1.81. The zero-order valence-corrected chi connectivity index (χ0v) is 12.6. The Labute approximate surface area is 129 Å². The molecule has 0 bridgehead atoms. The van der Waals surface area contributed by atoms with Gasteiger partial charge in [0, 0.05) is 31.5 Å². The summed E-state index contributed by atoms with van der Waals surface area (Å²) in [5.74, 6) is 1.32. The molecule has 0 aromatic heterocycles. The van der Waals surface area contributed by atoms with Crippen molar-refractivity contribution in [2.24, 2.45) is 16.8 Å². The second-order valence-electron chi connectivity index (χ2n) is 6.53. The van der Waals surface area contributed by atoms with Gasteiger partial charge in [-0.2, -0.15) is 0 Å². The fourth-order valence-electron chi connectivity index (χ4n) is 4.20. The topological polar surface area (TPSA) is 61.8 Å². The summed E-state index contributed by atoms with van der Waals surface area (Å²) in [5.41, 5.74) is 0.276. The van der Waals surface area contributed by atoms with E-state index in [-0.39, 0.29) is 17.7 Å². The summed E-state index contributed by atoms with van der Waals surface area (Å²) < 4.78 is 0. The predicted octanol–water partition coefficient (Wildman–Crippen LogP) is 1.19. The van der Waals surface area contributed by atoms with Crippen LogP contribution in [-0.2, 0) is 9.59 Å². The van der Waals surface area contributed by atoms with Gasteiger partial charge in [-0.1, -0.05) is 30.3 Å². The molecular formula is C17H19N3O2. The van der Waals surface area contributed by atoms with E-state index >= 15 is 0 Å². The molecule has 2 aliphatic heterocycles. The summed E-state index contributed by atoms with van der Waals surface area (Å²) in [5, 5.41) is 2.97. The average molecular weight is 297 g/mol. The van der Waals surface area contributed by atoms with Crippen LogP contribution in [0.15, 0.2) is 35.3 Å². The molecule has 2 fully saturated rings. The van der Waals surface area contributed by atoms with E-state index in [2.05, 4.69) is 5.32 Å². The number of carbonyl (C=O) groups excluding carboxylic acids is 2. The van der Waals surface area contributed by atoms with E-state index in [0.717, 1.165) is 24.9 Å². The number of hydrogen-bond donors (Lipinski definition) is 1. The third-order valence-electron chi connectivity index (χ3n) is 5.38. The fraction of sp³-hybridized carbons (Fsp3) is 0.471. The molecule has 0 radical (unpaired) electrons. The molecule has 3 aliphatic rings. The number of benzene rings is 1. The molecule has 114 valence electrons. The molecule has 1 aliphatic carbocycles. The van der Waals surface area contributed by atoms with Crippen LogP contribution < -0.4 is 5.32 Å². The van der Waals surface area contributed by atoms with Crippen molar-refractivity contribution in [3.63, 3.8) is 0 Å². The largest absolute Gasteiger partial charge is 0.342 e. The molecule has 1 aromatic rings. The highest BCUT2D eigenvalue weighted by Crippen LogP contribution is 2.49. The number of fused-ring (bicyclic) bond motifs is 2. The van der Waals surface area contributed by atoms with Crippen LogP contribution in [0, 0.1) is 11.8 Å². The Morgan fingerprint density at radius 3 is 2.82 bits per heavy atom. The van der Waals surface area contributed by atoms with Crippen molar-refractivity contribution in [2.45, 2.75) is 25.3 Å². The molecule has 1 spiro atoms. The van der Waals surface area contributed by atoms with Crippen LogP contribution >= 0.6 is 0 Å².